The third-order valence-electron chi connectivity index (χ3n) is 2.75. The summed E-state index contributed by atoms with van der Waals surface area (Å²) in [4.78, 5) is 17.0. The standard InChI is InChI=1S/C12H11F4NO2/c13-10-4-3-8(7-9(10)12(14,15)16)11(18)17-5-1-2-6-19-17/h3-4,7H,1-2,5-6H2. The van der Waals surface area contributed by atoms with E-state index in [9.17, 15) is 22.4 Å². The van der Waals surface area contributed by atoms with Gasteiger partial charge in [-0.05, 0) is 31.0 Å². The van der Waals surface area contributed by atoms with Crippen molar-refractivity contribution < 1.29 is 27.2 Å². The van der Waals surface area contributed by atoms with Gasteiger partial charge in [0.25, 0.3) is 5.91 Å². The Bertz CT molecular complexity index is 481. The lowest BCUT2D eigenvalue weighted by Crippen LogP contribution is -2.35. The Labute approximate surface area is 106 Å². The van der Waals surface area contributed by atoms with Crippen LogP contribution < -0.4 is 0 Å². The van der Waals surface area contributed by atoms with Gasteiger partial charge in [-0.25, -0.2) is 9.45 Å². The van der Waals surface area contributed by atoms with Crippen LogP contribution in [0.1, 0.15) is 28.8 Å². The molecule has 0 aromatic heterocycles. The number of benzene rings is 1. The highest BCUT2D eigenvalue weighted by atomic mass is 19.4. The van der Waals surface area contributed by atoms with Crippen LogP contribution in [0.5, 0.6) is 0 Å². The van der Waals surface area contributed by atoms with Crippen LogP contribution in [0.4, 0.5) is 17.6 Å². The Hall–Kier alpha value is -1.63. The van der Waals surface area contributed by atoms with Crippen molar-refractivity contribution in [2.75, 3.05) is 13.2 Å². The Balaban J connectivity index is 2.27. The van der Waals surface area contributed by atoms with Crippen LogP contribution in [0, 0.1) is 5.82 Å². The fourth-order valence-electron chi connectivity index (χ4n) is 1.78. The predicted octanol–water partition coefficient (Wildman–Crippen LogP) is 3.01. The lowest BCUT2D eigenvalue weighted by molar-refractivity contribution is -0.144. The fourth-order valence-corrected chi connectivity index (χ4v) is 1.78. The molecule has 0 spiro atoms. The van der Waals surface area contributed by atoms with E-state index in [1.165, 1.54) is 0 Å². The first-order valence-electron chi connectivity index (χ1n) is 5.71. The molecule has 3 nitrogen and oxygen atoms in total. The molecular formula is C12H11F4NO2. The van der Waals surface area contributed by atoms with E-state index < -0.39 is 23.5 Å². The largest absolute Gasteiger partial charge is 0.419 e. The highest BCUT2D eigenvalue weighted by Gasteiger charge is 2.35. The lowest BCUT2D eigenvalue weighted by Gasteiger charge is -2.26. The topological polar surface area (TPSA) is 29.5 Å². The number of amides is 1. The Kier molecular flexibility index (Phi) is 3.75. The van der Waals surface area contributed by atoms with Crippen molar-refractivity contribution in [3.8, 4) is 0 Å². The van der Waals surface area contributed by atoms with Gasteiger partial charge in [0.15, 0.2) is 0 Å². The van der Waals surface area contributed by atoms with E-state index in [-0.39, 0.29) is 5.56 Å². The van der Waals surface area contributed by atoms with Crippen LogP contribution in [0.3, 0.4) is 0 Å². The zero-order valence-electron chi connectivity index (χ0n) is 9.84. The number of hydrogen-bond acceptors (Lipinski definition) is 2. The second kappa shape index (κ2) is 5.16. The summed E-state index contributed by atoms with van der Waals surface area (Å²) in [7, 11) is 0. The van der Waals surface area contributed by atoms with Gasteiger partial charge < -0.3 is 0 Å². The second-order valence-electron chi connectivity index (χ2n) is 4.14. The number of rotatable bonds is 1. The molecule has 1 aromatic carbocycles. The highest BCUT2D eigenvalue weighted by Crippen LogP contribution is 2.32. The molecule has 1 aliphatic rings. The first-order valence-corrected chi connectivity index (χ1v) is 5.71. The summed E-state index contributed by atoms with van der Waals surface area (Å²) in [6.45, 7) is 0.663. The summed E-state index contributed by atoms with van der Waals surface area (Å²) in [6.07, 6.45) is -3.32. The maximum atomic E-state index is 13.1. The van der Waals surface area contributed by atoms with Crippen LogP contribution in [0.15, 0.2) is 18.2 Å². The van der Waals surface area contributed by atoms with Gasteiger partial charge in [0.1, 0.15) is 5.82 Å². The zero-order valence-corrected chi connectivity index (χ0v) is 9.84. The third kappa shape index (κ3) is 3.04. The van der Waals surface area contributed by atoms with Crippen molar-refractivity contribution in [1.29, 1.82) is 0 Å². The summed E-state index contributed by atoms with van der Waals surface area (Å²) < 4.78 is 50.7. The van der Waals surface area contributed by atoms with Crippen molar-refractivity contribution in [2.45, 2.75) is 19.0 Å². The molecule has 19 heavy (non-hydrogen) atoms. The van der Waals surface area contributed by atoms with E-state index in [0.29, 0.717) is 25.3 Å². The molecule has 0 atom stereocenters. The molecule has 0 bridgehead atoms. The maximum absolute atomic E-state index is 13.1. The van der Waals surface area contributed by atoms with Crippen molar-refractivity contribution in [3.63, 3.8) is 0 Å². The normalized spacial score (nSPS) is 16.5. The molecule has 0 saturated carbocycles. The molecule has 1 heterocycles. The number of halogens is 4. The molecule has 1 saturated heterocycles. The molecule has 0 radical (unpaired) electrons. The minimum atomic E-state index is -4.83. The number of alkyl halides is 3. The van der Waals surface area contributed by atoms with E-state index in [4.69, 9.17) is 4.84 Å². The van der Waals surface area contributed by atoms with Gasteiger partial charge in [-0.1, -0.05) is 0 Å². The number of hydroxylamine groups is 2. The molecule has 0 unspecified atom stereocenters. The van der Waals surface area contributed by atoms with E-state index >= 15 is 0 Å². The van der Waals surface area contributed by atoms with Crippen LogP contribution in [-0.4, -0.2) is 24.1 Å². The lowest BCUT2D eigenvalue weighted by atomic mass is 10.1. The van der Waals surface area contributed by atoms with Gasteiger partial charge in [0.05, 0.1) is 12.2 Å². The summed E-state index contributed by atoms with van der Waals surface area (Å²) in [5.74, 6) is -2.09. The monoisotopic (exact) mass is 277 g/mol. The molecule has 1 aromatic rings. The van der Waals surface area contributed by atoms with E-state index in [1.54, 1.807) is 0 Å². The molecule has 7 heteroatoms. The predicted molar refractivity (Wildman–Crippen MR) is 57.6 cm³/mol. The van der Waals surface area contributed by atoms with E-state index in [2.05, 4.69) is 0 Å². The summed E-state index contributed by atoms with van der Waals surface area (Å²) >= 11 is 0. The first kappa shape index (κ1) is 13.8. The van der Waals surface area contributed by atoms with E-state index in [0.717, 1.165) is 24.0 Å². The fraction of sp³-hybridized carbons (Fsp3) is 0.417. The van der Waals surface area contributed by atoms with Crippen LogP contribution in [0.25, 0.3) is 0 Å². The number of nitrogens with zero attached hydrogens (tertiary/aromatic N) is 1. The second-order valence-corrected chi connectivity index (χ2v) is 4.14. The molecular weight excluding hydrogens is 266 g/mol. The van der Waals surface area contributed by atoms with Gasteiger partial charge in [0.2, 0.25) is 0 Å². The minimum Gasteiger partial charge on any atom is -0.271 e. The van der Waals surface area contributed by atoms with Crippen molar-refractivity contribution >= 4 is 5.91 Å². The van der Waals surface area contributed by atoms with Gasteiger partial charge in [-0.3, -0.25) is 9.63 Å². The maximum Gasteiger partial charge on any atom is 0.419 e. The molecule has 2 rings (SSSR count). The quantitative estimate of drug-likeness (QED) is 0.738. The first-order chi connectivity index (χ1) is 8.89. The molecule has 104 valence electrons. The highest BCUT2D eigenvalue weighted by molar-refractivity contribution is 5.93. The minimum absolute atomic E-state index is 0.240. The molecule has 1 fully saturated rings. The van der Waals surface area contributed by atoms with Crippen LogP contribution >= 0.6 is 0 Å². The Morgan fingerprint density at radius 1 is 1.26 bits per heavy atom. The number of carbonyl (C=O) groups excluding carboxylic acids is 1. The Morgan fingerprint density at radius 2 is 2.00 bits per heavy atom. The summed E-state index contributed by atoms with van der Waals surface area (Å²) in [6, 6.07) is 2.17. The number of hydrogen-bond donors (Lipinski definition) is 0. The average molecular weight is 277 g/mol. The van der Waals surface area contributed by atoms with Gasteiger partial charge in [0, 0.05) is 12.1 Å². The molecule has 1 amide bonds. The average Bonchev–Trinajstić information content (AvgIpc) is 2.38. The van der Waals surface area contributed by atoms with Gasteiger partial charge in [-0.2, -0.15) is 13.2 Å². The van der Waals surface area contributed by atoms with Crippen LogP contribution in [0.2, 0.25) is 0 Å². The van der Waals surface area contributed by atoms with Gasteiger partial charge in [-0.15, -0.1) is 0 Å². The van der Waals surface area contributed by atoms with Crippen molar-refractivity contribution in [2.24, 2.45) is 0 Å². The van der Waals surface area contributed by atoms with Crippen molar-refractivity contribution in [1.82, 2.24) is 5.06 Å². The molecule has 0 N–H and O–H groups in total. The summed E-state index contributed by atoms with van der Waals surface area (Å²) in [5.41, 5.74) is -1.69. The van der Waals surface area contributed by atoms with Crippen molar-refractivity contribution in [3.05, 3.63) is 35.1 Å². The molecule has 0 aliphatic carbocycles. The van der Waals surface area contributed by atoms with Crippen LogP contribution in [-0.2, 0) is 11.0 Å². The van der Waals surface area contributed by atoms with Gasteiger partial charge >= 0.3 is 6.18 Å². The third-order valence-corrected chi connectivity index (χ3v) is 2.75. The van der Waals surface area contributed by atoms with E-state index in [1.807, 2.05) is 0 Å². The Morgan fingerprint density at radius 3 is 2.58 bits per heavy atom. The smallest absolute Gasteiger partial charge is 0.271 e. The summed E-state index contributed by atoms with van der Waals surface area (Å²) in [5, 5.41) is 1.01. The zero-order chi connectivity index (χ0) is 14.0. The number of carbonyl (C=O) groups is 1. The molecule has 1 aliphatic heterocycles. The SMILES string of the molecule is O=C(c1ccc(F)c(C(F)(F)F)c1)N1CCCCO1.